The number of aliphatic carboxylic acids is 1. The number of amides is 1. The highest BCUT2D eigenvalue weighted by atomic mass is 16.4. The van der Waals surface area contributed by atoms with Gasteiger partial charge in [-0.15, -0.1) is 0 Å². The lowest BCUT2D eigenvalue weighted by Gasteiger charge is -2.35. The zero-order valence-electron chi connectivity index (χ0n) is 13.1. The number of rotatable bonds is 6. The maximum absolute atomic E-state index is 12.7. The highest BCUT2D eigenvalue weighted by Gasteiger charge is 2.27. The summed E-state index contributed by atoms with van der Waals surface area (Å²) >= 11 is 0. The molecule has 2 aliphatic carbocycles. The molecule has 0 saturated heterocycles. The van der Waals surface area contributed by atoms with Crippen molar-refractivity contribution in [2.75, 3.05) is 6.54 Å². The molecule has 0 spiro atoms. The Morgan fingerprint density at radius 1 is 0.905 bits per heavy atom. The van der Waals surface area contributed by atoms with Gasteiger partial charge in [-0.3, -0.25) is 9.59 Å². The first kappa shape index (κ1) is 16.3. The Balaban J connectivity index is 1.91. The topological polar surface area (TPSA) is 57.6 Å². The van der Waals surface area contributed by atoms with E-state index in [1.54, 1.807) is 0 Å². The fourth-order valence-electron chi connectivity index (χ4n) is 3.88. The number of hydrogen-bond acceptors (Lipinski definition) is 2. The van der Waals surface area contributed by atoms with Crippen molar-refractivity contribution in [3.8, 4) is 0 Å². The smallest absolute Gasteiger partial charge is 0.305 e. The minimum Gasteiger partial charge on any atom is -0.481 e. The van der Waals surface area contributed by atoms with Crippen molar-refractivity contribution in [1.82, 2.24) is 4.90 Å². The standard InChI is InChI=1S/C17H29NO3/c19-16(13-14-7-3-1-4-8-14)18(12-11-17(20)21)15-9-5-2-6-10-15/h14-15H,1-13H2,(H,20,21). The highest BCUT2D eigenvalue weighted by molar-refractivity contribution is 5.77. The van der Waals surface area contributed by atoms with Crippen LogP contribution in [0.4, 0.5) is 0 Å². The molecule has 2 aliphatic rings. The zero-order chi connectivity index (χ0) is 15.1. The second kappa shape index (κ2) is 8.40. The van der Waals surface area contributed by atoms with Crippen molar-refractivity contribution in [3.05, 3.63) is 0 Å². The predicted octanol–water partition coefficient (Wildman–Crippen LogP) is 3.59. The summed E-state index contributed by atoms with van der Waals surface area (Å²) < 4.78 is 0. The number of carbonyl (C=O) groups excluding carboxylic acids is 1. The van der Waals surface area contributed by atoms with E-state index in [1.165, 1.54) is 51.4 Å². The van der Waals surface area contributed by atoms with Crippen LogP contribution in [0.25, 0.3) is 0 Å². The summed E-state index contributed by atoms with van der Waals surface area (Å²) in [6, 6.07) is 0.286. The molecule has 4 nitrogen and oxygen atoms in total. The summed E-state index contributed by atoms with van der Waals surface area (Å²) in [5.74, 6) is -0.0708. The quantitative estimate of drug-likeness (QED) is 0.814. The lowest BCUT2D eigenvalue weighted by atomic mass is 9.86. The first-order chi connectivity index (χ1) is 10.2. The summed E-state index contributed by atoms with van der Waals surface area (Å²) in [4.78, 5) is 25.4. The van der Waals surface area contributed by atoms with Crippen LogP contribution < -0.4 is 0 Å². The molecule has 2 rings (SSSR count). The monoisotopic (exact) mass is 295 g/mol. The first-order valence-electron chi connectivity index (χ1n) is 8.68. The molecule has 0 aromatic carbocycles. The molecule has 21 heavy (non-hydrogen) atoms. The first-order valence-corrected chi connectivity index (χ1v) is 8.68. The van der Waals surface area contributed by atoms with Crippen LogP contribution in [0.15, 0.2) is 0 Å². The number of carboxylic acids is 1. The predicted molar refractivity (Wildman–Crippen MR) is 82.0 cm³/mol. The van der Waals surface area contributed by atoms with Crippen molar-refractivity contribution >= 4 is 11.9 Å². The van der Waals surface area contributed by atoms with Gasteiger partial charge in [-0.2, -0.15) is 0 Å². The normalized spacial score (nSPS) is 21.1. The molecule has 0 radical (unpaired) electrons. The van der Waals surface area contributed by atoms with E-state index in [0.717, 1.165) is 12.8 Å². The van der Waals surface area contributed by atoms with E-state index >= 15 is 0 Å². The van der Waals surface area contributed by atoms with Crippen LogP contribution in [0.5, 0.6) is 0 Å². The molecular weight excluding hydrogens is 266 g/mol. The molecule has 0 atom stereocenters. The van der Waals surface area contributed by atoms with E-state index in [1.807, 2.05) is 4.90 Å². The average molecular weight is 295 g/mol. The van der Waals surface area contributed by atoms with Crippen LogP contribution in [0.2, 0.25) is 0 Å². The molecule has 2 saturated carbocycles. The van der Waals surface area contributed by atoms with Gasteiger partial charge in [0.05, 0.1) is 6.42 Å². The Morgan fingerprint density at radius 3 is 2.05 bits per heavy atom. The van der Waals surface area contributed by atoms with Gasteiger partial charge in [-0.1, -0.05) is 38.5 Å². The van der Waals surface area contributed by atoms with Gasteiger partial charge in [0.1, 0.15) is 0 Å². The highest BCUT2D eigenvalue weighted by Crippen LogP contribution is 2.29. The van der Waals surface area contributed by atoms with Crippen LogP contribution >= 0.6 is 0 Å². The zero-order valence-corrected chi connectivity index (χ0v) is 13.1. The Morgan fingerprint density at radius 2 is 1.48 bits per heavy atom. The molecule has 2 fully saturated rings. The van der Waals surface area contributed by atoms with Gasteiger partial charge in [-0.05, 0) is 31.6 Å². The molecule has 0 bridgehead atoms. The summed E-state index contributed by atoms with van der Waals surface area (Å²) in [6.07, 6.45) is 12.5. The van der Waals surface area contributed by atoms with E-state index in [4.69, 9.17) is 5.11 Å². The van der Waals surface area contributed by atoms with E-state index in [9.17, 15) is 9.59 Å². The van der Waals surface area contributed by atoms with Gasteiger partial charge < -0.3 is 10.0 Å². The van der Waals surface area contributed by atoms with Crippen molar-refractivity contribution < 1.29 is 14.7 Å². The fraction of sp³-hybridized carbons (Fsp3) is 0.882. The van der Waals surface area contributed by atoms with Crippen LogP contribution in [-0.2, 0) is 9.59 Å². The summed E-state index contributed by atoms with van der Waals surface area (Å²) in [5, 5.41) is 8.93. The van der Waals surface area contributed by atoms with E-state index in [0.29, 0.717) is 18.9 Å². The van der Waals surface area contributed by atoms with Crippen LogP contribution in [0.1, 0.15) is 77.0 Å². The SMILES string of the molecule is O=C(O)CCN(C(=O)CC1CCCCC1)C1CCCCC1. The van der Waals surface area contributed by atoms with E-state index in [-0.39, 0.29) is 18.4 Å². The van der Waals surface area contributed by atoms with Crippen LogP contribution in [0.3, 0.4) is 0 Å². The molecule has 0 unspecified atom stereocenters. The number of hydrogen-bond donors (Lipinski definition) is 1. The molecule has 1 amide bonds. The molecule has 0 heterocycles. The second-order valence-corrected chi connectivity index (χ2v) is 6.73. The third-order valence-corrected chi connectivity index (χ3v) is 5.09. The number of carbonyl (C=O) groups is 2. The average Bonchev–Trinajstić information content (AvgIpc) is 2.49. The summed E-state index contributed by atoms with van der Waals surface area (Å²) in [6.45, 7) is 0.394. The third kappa shape index (κ3) is 5.33. The van der Waals surface area contributed by atoms with Gasteiger partial charge >= 0.3 is 5.97 Å². The molecular formula is C17H29NO3. The molecule has 0 aromatic heterocycles. The third-order valence-electron chi connectivity index (χ3n) is 5.09. The molecule has 4 heteroatoms. The second-order valence-electron chi connectivity index (χ2n) is 6.73. The van der Waals surface area contributed by atoms with Gasteiger partial charge in [0, 0.05) is 19.0 Å². The summed E-state index contributed by atoms with van der Waals surface area (Å²) in [5.41, 5.74) is 0. The van der Waals surface area contributed by atoms with Crippen LogP contribution in [-0.4, -0.2) is 34.5 Å². The summed E-state index contributed by atoms with van der Waals surface area (Å²) in [7, 11) is 0. The van der Waals surface area contributed by atoms with Crippen molar-refractivity contribution in [3.63, 3.8) is 0 Å². The Kier molecular flexibility index (Phi) is 6.52. The van der Waals surface area contributed by atoms with Gasteiger partial charge in [0.25, 0.3) is 0 Å². The van der Waals surface area contributed by atoms with Crippen molar-refractivity contribution in [1.29, 1.82) is 0 Å². The minimum atomic E-state index is -0.804. The Labute approximate surface area is 127 Å². The van der Waals surface area contributed by atoms with Gasteiger partial charge in [0.15, 0.2) is 0 Å². The molecule has 120 valence electrons. The largest absolute Gasteiger partial charge is 0.481 e. The fourth-order valence-corrected chi connectivity index (χ4v) is 3.88. The van der Waals surface area contributed by atoms with Crippen LogP contribution in [0, 0.1) is 5.92 Å². The Bertz CT molecular complexity index is 344. The molecule has 0 aromatic rings. The van der Waals surface area contributed by atoms with E-state index in [2.05, 4.69) is 0 Å². The molecule has 0 aliphatic heterocycles. The van der Waals surface area contributed by atoms with Crippen molar-refractivity contribution in [2.45, 2.75) is 83.1 Å². The van der Waals surface area contributed by atoms with Gasteiger partial charge in [0.2, 0.25) is 5.91 Å². The lowest BCUT2D eigenvalue weighted by Crippen LogP contribution is -2.43. The van der Waals surface area contributed by atoms with Gasteiger partial charge in [-0.25, -0.2) is 0 Å². The van der Waals surface area contributed by atoms with Crippen molar-refractivity contribution in [2.24, 2.45) is 5.92 Å². The maximum Gasteiger partial charge on any atom is 0.305 e. The minimum absolute atomic E-state index is 0.0763. The lowest BCUT2D eigenvalue weighted by molar-refractivity contribution is -0.140. The number of nitrogens with zero attached hydrogens (tertiary/aromatic N) is 1. The van der Waals surface area contributed by atoms with E-state index < -0.39 is 5.97 Å². The number of carboxylic acid groups (broad SMARTS) is 1. The molecule has 1 N–H and O–H groups in total. The Hall–Kier alpha value is -1.06. The maximum atomic E-state index is 12.7.